The fourth-order valence-electron chi connectivity index (χ4n) is 1.15. The minimum Gasteiger partial charge on any atom is -0.477 e. The van der Waals surface area contributed by atoms with E-state index in [1.807, 2.05) is 0 Å². The lowest BCUT2D eigenvalue weighted by molar-refractivity contribution is 0.0690. The number of rotatable bonds is 5. The van der Waals surface area contributed by atoms with E-state index in [0.29, 0.717) is 24.6 Å². The number of carboxylic acids is 1. The van der Waals surface area contributed by atoms with Crippen LogP contribution in [-0.4, -0.2) is 27.6 Å². The number of carbonyl (C=O) groups is 1. The average molecular weight is 219 g/mol. The zero-order valence-corrected chi connectivity index (χ0v) is 9.03. The molecular weight excluding hydrogens is 206 g/mol. The number of hydrogen-bond donors (Lipinski definition) is 2. The van der Waals surface area contributed by atoms with Crippen LogP contribution in [0.3, 0.4) is 0 Å². The first-order chi connectivity index (χ1) is 7.63. The lowest BCUT2D eigenvalue weighted by atomic mass is 10.3. The van der Waals surface area contributed by atoms with Crippen molar-refractivity contribution in [1.29, 1.82) is 0 Å². The summed E-state index contributed by atoms with van der Waals surface area (Å²) in [5, 5.41) is 11.7. The largest absolute Gasteiger partial charge is 0.477 e. The monoisotopic (exact) mass is 219 g/mol. The smallest absolute Gasteiger partial charge is 0.354 e. The number of carboxylic acid groups (broad SMARTS) is 1. The fraction of sp³-hybridized carbons (Fsp3) is 0.364. The van der Waals surface area contributed by atoms with Crippen molar-refractivity contribution in [1.82, 2.24) is 9.97 Å². The van der Waals surface area contributed by atoms with Crippen molar-refractivity contribution in [2.75, 3.05) is 11.9 Å². The topological polar surface area (TPSA) is 75.1 Å². The number of nitrogens with zero attached hydrogens (tertiary/aromatic N) is 2. The van der Waals surface area contributed by atoms with Gasteiger partial charge in [-0.3, -0.25) is 0 Å². The van der Waals surface area contributed by atoms with Crippen LogP contribution in [0.25, 0.3) is 0 Å². The molecule has 0 aliphatic carbocycles. The van der Waals surface area contributed by atoms with Gasteiger partial charge in [-0.25, -0.2) is 14.8 Å². The number of unbranched alkanes of at least 4 members (excludes halogenated alkanes) is 1. The van der Waals surface area contributed by atoms with Gasteiger partial charge in [0.15, 0.2) is 5.69 Å². The van der Waals surface area contributed by atoms with E-state index in [2.05, 4.69) is 21.2 Å². The van der Waals surface area contributed by atoms with Crippen LogP contribution in [0.5, 0.6) is 0 Å². The second-order valence-electron chi connectivity index (χ2n) is 3.26. The van der Waals surface area contributed by atoms with Gasteiger partial charge in [-0.05, 0) is 19.4 Å². The molecule has 16 heavy (non-hydrogen) atoms. The summed E-state index contributed by atoms with van der Waals surface area (Å²) in [5.74, 6) is 1.79. The van der Waals surface area contributed by atoms with Gasteiger partial charge in [0.25, 0.3) is 0 Å². The highest BCUT2D eigenvalue weighted by atomic mass is 16.4. The number of aromatic nitrogens is 2. The van der Waals surface area contributed by atoms with Crippen LogP contribution in [-0.2, 0) is 0 Å². The first-order valence-electron chi connectivity index (χ1n) is 4.90. The quantitative estimate of drug-likeness (QED) is 0.577. The molecule has 1 rings (SSSR count). The molecular formula is C11H13N3O2. The second-order valence-corrected chi connectivity index (χ2v) is 3.26. The molecule has 0 aliphatic rings. The van der Waals surface area contributed by atoms with Crippen molar-refractivity contribution in [3.05, 3.63) is 17.5 Å². The summed E-state index contributed by atoms with van der Waals surface area (Å²) >= 11 is 0. The van der Waals surface area contributed by atoms with Crippen molar-refractivity contribution >= 4 is 11.9 Å². The third-order valence-corrected chi connectivity index (χ3v) is 1.85. The molecule has 5 heteroatoms. The van der Waals surface area contributed by atoms with Crippen molar-refractivity contribution in [2.24, 2.45) is 0 Å². The van der Waals surface area contributed by atoms with Gasteiger partial charge >= 0.3 is 5.97 Å². The molecule has 0 radical (unpaired) electrons. The molecule has 0 saturated carbocycles. The number of aryl methyl sites for hydroxylation is 1. The molecule has 0 fully saturated rings. The number of nitrogens with one attached hydrogen (secondary N) is 1. The Balaban J connectivity index is 2.66. The van der Waals surface area contributed by atoms with Crippen LogP contribution >= 0.6 is 0 Å². The predicted octanol–water partition coefficient (Wildman–Crippen LogP) is 1.31. The first-order valence-corrected chi connectivity index (χ1v) is 4.90. The van der Waals surface area contributed by atoms with E-state index in [0.717, 1.165) is 6.42 Å². The maximum absolute atomic E-state index is 10.7. The average Bonchev–Trinajstić information content (AvgIpc) is 2.23. The van der Waals surface area contributed by atoms with Crippen LogP contribution in [0, 0.1) is 19.3 Å². The van der Waals surface area contributed by atoms with Gasteiger partial charge in [-0.2, -0.15) is 0 Å². The Kier molecular flexibility index (Phi) is 4.28. The zero-order valence-electron chi connectivity index (χ0n) is 9.03. The van der Waals surface area contributed by atoms with E-state index in [9.17, 15) is 4.79 Å². The normalized spacial score (nSPS) is 9.50. The predicted molar refractivity (Wildman–Crippen MR) is 60.3 cm³/mol. The molecule has 0 amide bonds. The summed E-state index contributed by atoms with van der Waals surface area (Å²) in [6.45, 7) is 2.35. The Bertz CT molecular complexity index is 424. The summed E-state index contributed by atoms with van der Waals surface area (Å²) in [5.41, 5.74) is 0.610. The zero-order chi connectivity index (χ0) is 12.0. The molecule has 1 aromatic rings. The van der Waals surface area contributed by atoms with E-state index in [1.165, 1.54) is 6.07 Å². The van der Waals surface area contributed by atoms with Crippen molar-refractivity contribution in [2.45, 2.75) is 19.8 Å². The summed E-state index contributed by atoms with van der Waals surface area (Å²) in [6, 6.07) is 1.43. The van der Waals surface area contributed by atoms with Crippen molar-refractivity contribution < 1.29 is 9.90 Å². The van der Waals surface area contributed by atoms with Gasteiger partial charge in [-0.1, -0.05) is 0 Å². The van der Waals surface area contributed by atoms with E-state index < -0.39 is 5.97 Å². The SMILES string of the molecule is C#CCCCNc1nc(C)cc(C(=O)O)n1. The maximum atomic E-state index is 10.7. The Labute approximate surface area is 93.9 Å². The summed E-state index contributed by atoms with van der Waals surface area (Å²) in [6.07, 6.45) is 6.58. The molecule has 0 bridgehead atoms. The highest BCUT2D eigenvalue weighted by Gasteiger charge is 2.07. The molecule has 5 nitrogen and oxygen atoms in total. The lowest BCUT2D eigenvalue weighted by Crippen LogP contribution is -2.10. The molecule has 1 heterocycles. The van der Waals surface area contributed by atoms with Crippen LogP contribution in [0.1, 0.15) is 29.0 Å². The molecule has 1 aromatic heterocycles. The second kappa shape index (κ2) is 5.71. The molecule has 0 atom stereocenters. The molecule has 0 aliphatic heterocycles. The van der Waals surface area contributed by atoms with E-state index in [1.54, 1.807) is 6.92 Å². The first kappa shape index (κ1) is 12.0. The van der Waals surface area contributed by atoms with Gasteiger partial charge < -0.3 is 10.4 Å². The highest BCUT2D eigenvalue weighted by Crippen LogP contribution is 2.05. The lowest BCUT2D eigenvalue weighted by Gasteiger charge is -2.05. The third kappa shape index (κ3) is 3.58. The molecule has 0 unspecified atom stereocenters. The van der Waals surface area contributed by atoms with Crippen molar-refractivity contribution in [3.63, 3.8) is 0 Å². The number of aromatic carboxylic acids is 1. The highest BCUT2D eigenvalue weighted by molar-refractivity contribution is 5.85. The number of terminal acetylenes is 1. The number of hydrogen-bond acceptors (Lipinski definition) is 4. The van der Waals surface area contributed by atoms with E-state index in [4.69, 9.17) is 11.5 Å². The van der Waals surface area contributed by atoms with Crippen LogP contribution in [0.2, 0.25) is 0 Å². The maximum Gasteiger partial charge on any atom is 0.354 e. The Hall–Kier alpha value is -2.09. The summed E-state index contributed by atoms with van der Waals surface area (Å²) < 4.78 is 0. The van der Waals surface area contributed by atoms with Gasteiger partial charge in [0.2, 0.25) is 5.95 Å². The molecule has 84 valence electrons. The number of anilines is 1. The molecule has 0 spiro atoms. The van der Waals surface area contributed by atoms with Crippen LogP contribution in [0.4, 0.5) is 5.95 Å². The van der Waals surface area contributed by atoms with Crippen LogP contribution in [0.15, 0.2) is 6.07 Å². The fourth-order valence-corrected chi connectivity index (χ4v) is 1.15. The van der Waals surface area contributed by atoms with Gasteiger partial charge in [0.05, 0.1) is 0 Å². The molecule has 0 aromatic carbocycles. The van der Waals surface area contributed by atoms with Gasteiger partial charge in [0, 0.05) is 18.7 Å². The third-order valence-electron chi connectivity index (χ3n) is 1.85. The Morgan fingerprint density at radius 3 is 3.00 bits per heavy atom. The van der Waals surface area contributed by atoms with Crippen molar-refractivity contribution in [3.8, 4) is 12.3 Å². The van der Waals surface area contributed by atoms with Gasteiger partial charge in [-0.15, -0.1) is 12.3 Å². The Morgan fingerprint density at radius 1 is 1.62 bits per heavy atom. The van der Waals surface area contributed by atoms with Gasteiger partial charge in [0.1, 0.15) is 0 Å². The molecule has 2 N–H and O–H groups in total. The summed E-state index contributed by atoms with van der Waals surface area (Å²) in [7, 11) is 0. The minimum atomic E-state index is -1.06. The van der Waals surface area contributed by atoms with E-state index in [-0.39, 0.29) is 5.69 Å². The van der Waals surface area contributed by atoms with Crippen LogP contribution < -0.4 is 5.32 Å². The standard InChI is InChI=1S/C11H13N3O2/c1-3-4-5-6-12-11-13-8(2)7-9(14-11)10(15)16/h1,7H,4-6H2,2H3,(H,15,16)(H,12,13,14). The molecule has 0 saturated heterocycles. The van der Waals surface area contributed by atoms with E-state index >= 15 is 0 Å². The Morgan fingerprint density at radius 2 is 2.38 bits per heavy atom. The minimum absolute atomic E-state index is 0.00745. The summed E-state index contributed by atoms with van der Waals surface area (Å²) in [4.78, 5) is 18.7.